The molecule has 0 aromatic heterocycles. The molecule has 0 bridgehead atoms. The lowest BCUT2D eigenvalue weighted by Crippen LogP contribution is -2.51. The molecule has 0 spiro atoms. The highest BCUT2D eigenvalue weighted by atomic mass is 35.5. The monoisotopic (exact) mass is 449 g/mol. The first kappa shape index (κ1) is 22.6. The predicted octanol–water partition coefficient (Wildman–Crippen LogP) is 3.32. The van der Waals surface area contributed by atoms with Crippen molar-refractivity contribution in [1.29, 1.82) is 0 Å². The van der Waals surface area contributed by atoms with E-state index in [2.05, 4.69) is 11.8 Å². The van der Waals surface area contributed by atoms with Crippen molar-refractivity contribution in [2.45, 2.75) is 25.7 Å². The van der Waals surface area contributed by atoms with Crippen molar-refractivity contribution in [3.63, 3.8) is 0 Å². The lowest BCUT2D eigenvalue weighted by molar-refractivity contribution is -0.131. The smallest absolute Gasteiger partial charge is 0.264 e. The van der Waals surface area contributed by atoms with E-state index < -0.39 is 10.0 Å². The fourth-order valence-electron chi connectivity index (χ4n) is 3.43. The number of benzene rings is 2. The van der Waals surface area contributed by atoms with E-state index in [1.165, 1.54) is 0 Å². The summed E-state index contributed by atoms with van der Waals surface area (Å²) in [5.74, 6) is -0.210. The third-order valence-corrected chi connectivity index (χ3v) is 7.70. The quantitative estimate of drug-likeness (QED) is 0.678. The van der Waals surface area contributed by atoms with E-state index in [1.807, 2.05) is 13.8 Å². The number of carbonyl (C=O) groups excluding carboxylic acids is 1. The number of piperazine rings is 1. The van der Waals surface area contributed by atoms with Crippen LogP contribution in [0.3, 0.4) is 0 Å². The van der Waals surface area contributed by atoms with Crippen LogP contribution < -0.4 is 4.31 Å². The molecule has 1 fully saturated rings. The van der Waals surface area contributed by atoms with E-state index in [0.29, 0.717) is 23.8 Å². The second kappa shape index (κ2) is 9.37. The standard InChI is InChI=1S/C22H28ClN3O3S/c1-4-24-11-13-25(14-12-24)22(27)16-26(19-8-7-18(3)21(23)15-19)30(28,29)20-9-5-17(2)6-10-20/h5-10,15H,4,11-14,16H2,1-3H3. The molecule has 0 saturated carbocycles. The van der Waals surface area contributed by atoms with Crippen molar-refractivity contribution in [2.75, 3.05) is 43.6 Å². The van der Waals surface area contributed by atoms with Crippen LogP contribution in [0.2, 0.25) is 5.02 Å². The van der Waals surface area contributed by atoms with E-state index in [-0.39, 0.29) is 17.3 Å². The molecule has 0 aliphatic carbocycles. The number of likely N-dealkylation sites (N-methyl/N-ethyl adjacent to an activating group) is 1. The van der Waals surface area contributed by atoms with Crippen LogP contribution in [-0.4, -0.2) is 63.4 Å². The Morgan fingerprint density at radius 1 is 1.03 bits per heavy atom. The SMILES string of the molecule is CCN1CCN(C(=O)CN(c2ccc(C)c(Cl)c2)S(=O)(=O)c2ccc(C)cc2)CC1. The molecule has 1 aliphatic heterocycles. The van der Waals surface area contributed by atoms with Crippen LogP contribution in [0.1, 0.15) is 18.1 Å². The molecule has 1 aliphatic rings. The van der Waals surface area contributed by atoms with Gasteiger partial charge in [-0.25, -0.2) is 8.42 Å². The summed E-state index contributed by atoms with van der Waals surface area (Å²) in [7, 11) is -3.93. The van der Waals surface area contributed by atoms with Crippen LogP contribution in [0.4, 0.5) is 5.69 Å². The van der Waals surface area contributed by atoms with Gasteiger partial charge in [0.25, 0.3) is 10.0 Å². The number of hydrogen-bond donors (Lipinski definition) is 0. The van der Waals surface area contributed by atoms with E-state index in [9.17, 15) is 13.2 Å². The molecule has 30 heavy (non-hydrogen) atoms. The maximum atomic E-state index is 13.5. The zero-order valence-electron chi connectivity index (χ0n) is 17.6. The summed E-state index contributed by atoms with van der Waals surface area (Å²) >= 11 is 6.27. The molecule has 162 valence electrons. The molecule has 2 aromatic carbocycles. The Balaban J connectivity index is 1.92. The molecular formula is C22H28ClN3O3S. The molecule has 1 heterocycles. The van der Waals surface area contributed by atoms with Crippen LogP contribution in [0.5, 0.6) is 0 Å². The molecule has 3 rings (SSSR count). The van der Waals surface area contributed by atoms with E-state index in [4.69, 9.17) is 11.6 Å². The van der Waals surface area contributed by atoms with E-state index in [0.717, 1.165) is 35.1 Å². The van der Waals surface area contributed by atoms with Gasteiger partial charge in [0.2, 0.25) is 5.91 Å². The van der Waals surface area contributed by atoms with Crippen LogP contribution >= 0.6 is 11.6 Å². The lowest BCUT2D eigenvalue weighted by atomic mass is 10.2. The van der Waals surface area contributed by atoms with Gasteiger partial charge in [-0.05, 0) is 50.2 Å². The highest BCUT2D eigenvalue weighted by Gasteiger charge is 2.30. The zero-order chi connectivity index (χ0) is 21.9. The minimum Gasteiger partial charge on any atom is -0.339 e. The van der Waals surface area contributed by atoms with Gasteiger partial charge in [-0.2, -0.15) is 0 Å². The highest BCUT2D eigenvalue weighted by Crippen LogP contribution is 2.28. The fourth-order valence-corrected chi connectivity index (χ4v) is 5.01. The minimum absolute atomic E-state index is 0.147. The number of sulfonamides is 1. The van der Waals surface area contributed by atoms with Crippen molar-refractivity contribution in [3.05, 3.63) is 58.6 Å². The molecular weight excluding hydrogens is 422 g/mol. The molecule has 8 heteroatoms. The molecule has 1 saturated heterocycles. The topological polar surface area (TPSA) is 60.9 Å². The number of hydrogen-bond acceptors (Lipinski definition) is 4. The number of aryl methyl sites for hydroxylation is 2. The van der Waals surface area contributed by atoms with Gasteiger partial charge in [0, 0.05) is 31.2 Å². The molecule has 1 amide bonds. The summed E-state index contributed by atoms with van der Waals surface area (Å²) in [6, 6.07) is 11.7. The van der Waals surface area contributed by atoms with Crippen molar-refractivity contribution in [3.8, 4) is 0 Å². The number of rotatable bonds is 6. The number of amides is 1. The Labute approximate surface area is 184 Å². The Bertz CT molecular complexity index is 1000. The second-order valence-corrected chi connectivity index (χ2v) is 9.84. The number of halogens is 1. The third-order valence-electron chi connectivity index (χ3n) is 5.50. The van der Waals surface area contributed by atoms with E-state index >= 15 is 0 Å². The largest absolute Gasteiger partial charge is 0.339 e. The summed E-state index contributed by atoms with van der Waals surface area (Å²) < 4.78 is 28.1. The van der Waals surface area contributed by atoms with Crippen molar-refractivity contribution < 1.29 is 13.2 Å². The Hall–Kier alpha value is -2.09. The van der Waals surface area contributed by atoms with Gasteiger partial charge in [0.05, 0.1) is 10.6 Å². The molecule has 0 unspecified atom stereocenters. The number of anilines is 1. The third kappa shape index (κ3) is 4.96. The van der Waals surface area contributed by atoms with Gasteiger partial charge in [0.1, 0.15) is 6.54 Å². The molecule has 0 atom stereocenters. The summed E-state index contributed by atoms with van der Waals surface area (Å²) in [6.45, 7) is 9.30. The normalized spacial score (nSPS) is 15.3. The molecule has 6 nitrogen and oxygen atoms in total. The maximum Gasteiger partial charge on any atom is 0.264 e. The molecule has 2 aromatic rings. The molecule has 0 N–H and O–H groups in total. The van der Waals surface area contributed by atoms with E-state index in [1.54, 1.807) is 47.4 Å². The zero-order valence-corrected chi connectivity index (χ0v) is 19.2. The van der Waals surface area contributed by atoms with Gasteiger partial charge in [-0.15, -0.1) is 0 Å². The number of nitrogens with zero attached hydrogens (tertiary/aromatic N) is 3. The predicted molar refractivity (Wildman–Crippen MR) is 121 cm³/mol. The minimum atomic E-state index is -3.93. The van der Waals surface area contributed by atoms with Crippen LogP contribution in [0.15, 0.2) is 47.4 Å². The maximum absolute atomic E-state index is 13.5. The Morgan fingerprint density at radius 3 is 2.23 bits per heavy atom. The Morgan fingerprint density at radius 2 is 1.67 bits per heavy atom. The van der Waals surface area contributed by atoms with Gasteiger partial charge >= 0.3 is 0 Å². The first-order chi connectivity index (χ1) is 14.2. The summed E-state index contributed by atoms with van der Waals surface area (Å²) in [5, 5.41) is 0.459. The Kier molecular flexibility index (Phi) is 7.06. The molecule has 0 radical (unpaired) electrons. The summed E-state index contributed by atoms with van der Waals surface area (Å²) in [5.41, 5.74) is 2.19. The fraction of sp³-hybridized carbons (Fsp3) is 0.409. The van der Waals surface area contributed by atoms with Gasteiger partial charge in [-0.3, -0.25) is 9.10 Å². The lowest BCUT2D eigenvalue weighted by Gasteiger charge is -2.35. The number of carbonyl (C=O) groups is 1. The van der Waals surface area contributed by atoms with Gasteiger partial charge < -0.3 is 9.80 Å². The van der Waals surface area contributed by atoms with Gasteiger partial charge in [-0.1, -0.05) is 42.3 Å². The van der Waals surface area contributed by atoms with Crippen molar-refractivity contribution >= 4 is 33.2 Å². The first-order valence-corrected chi connectivity index (χ1v) is 11.9. The van der Waals surface area contributed by atoms with Crippen LogP contribution in [0, 0.1) is 13.8 Å². The average Bonchev–Trinajstić information content (AvgIpc) is 2.74. The van der Waals surface area contributed by atoms with Crippen molar-refractivity contribution in [1.82, 2.24) is 9.80 Å². The van der Waals surface area contributed by atoms with Crippen molar-refractivity contribution in [2.24, 2.45) is 0 Å². The first-order valence-electron chi connectivity index (χ1n) is 10.1. The van der Waals surface area contributed by atoms with Gasteiger partial charge in [0.15, 0.2) is 0 Å². The second-order valence-electron chi connectivity index (χ2n) is 7.57. The average molecular weight is 450 g/mol. The van der Waals surface area contributed by atoms with Crippen LogP contribution in [0.25, 0.3) is 0 Å². The van der Waals surface area contributed by atoms with Crippen LogP contribution in [-0.2, 0) is 14.8 Å². The summed E-state index contributed by atoms with van der Waals surface area (Å²) in [6.07, 6.45) is 0. The summed E-state index contributed by atoms with van der Waals surface area (Å²) in [4.78, 5) is 17.2. The highest BCUT2D eigenvalue weighted by molar-refractivity contribution is 7.92.